The van der Waals surface area contributed by atoms with Crippen molar-refractivity contribution in [3.8, 4) is 0 Å². The first-order chi connectivity index (χ1) is 10.2. The van der Waals surface area contributed by atoms with Gasteiger partial charge in [-0.1, -0.05) is 34.1 Å². The Morgan fingerprint density at radius 2 is 1.57 bits per heavy atom. The summed E-state index contributed by atoms with van der Waals surface area (Å²) in [7, 11) is 0. The van der Waals surface area contributed by atoms with Gasteiger partial charge in [-0.3, -0.25) is 4.90 Å². The van der Waals surface area contributed by atoms with E-state index in [9.17, 15) is 0 Å². The van der Waals surface area contributed by atoms with Crippen molar-refractivity contribution in [1.82, 2.24) is 9.80 Å². The van der Waals surface area contributed by atoms with Crippen LogP contribution in [0.1, 0.15) is 66.2 Å². The van der Waals surface area contributed by atoms with E-state index in [0.717, 1.165) is 19.0 Å². The fourth-order valence-corrected chi connectivity index (χ4v) is 4.03. The van der Waals surface area contributed by atoms with Crippen LogP contribution in [-0.2, 0) is 0 Å². The highest BCUT2D eigenvalue weighted by Crippen LogP contribution is 2.37. The maximum Gasteiger partial charge on any atom is 0.0331 e. The SMILES string of the molecule is CCC1CCC(CN)(N(CC)CCCN(CC)CC)CC1. The third-order valence-electron chi connectivity index (χ3n) is 5.84. The van der Waals surface area contributed by atoms with Crippen LogP contribution in [0.3, 0.4) is 0 Å². The average Bonchev–Trinajstić information content (AvgIpc) is 2.55. The van der Waals surface area contributed by atoms with Crippen LogP contribution in [0.4, 0.5) is 0 Å². The first kappa shape index (κ1) is 18.9. The van der Waals surface area contributed by atoms with Crippen molar-refractivity contribution in [2.24, 2.45) is 11.7 Å². The van der Waals surface area contributed by atoms with E-state index in [2.05, 4.69) is 37.5 Å². The maximum atomic E-state index is 6.23. The van der Waals surface area contributed by atoms with E-state index in [4.69, 9.17) is 5.73 Å². The minimum Gasteiger partial charge on any atom is -0.329 e. The second-order valence-corrected chi connectivity index (χ2v) is 6.74. The van der Waals surface area contributed by atoms with Crippen molar-refractivity contribution in [3.63, 3.8) is 0 Å². The van der Waals surface area contributed by atoms with E-state index in [1.165, 1.54) is 64.7 Å². The Morgan fingerprint density at radius 1 is 0.952 bits per heavy atom. The lowest BCUT2D eigenvalue weighted by atomic mass is 9.74. The van der Waals surface area contributed by atoms with E-state index >= 15 is 0 Å². The predicted molar refractivity (Wildman–Crippen MR) is 93.7 cm³/mol. The van der Waals surface area contributed by atoms with Crippen molar-refractivity contribution >= 4 is 0 Å². The molecule has 0 bridgehead atoms. The van der Waals surface area contributed by atoms with Crippen molar-refractivity contribution < 1.29 is 0 Å². The first-order valence-corrected chi connectivity index (χ1v) is 9.33. The summed E-state index contributed by atoms with van der Waals surface area (Å²) >= 11 is 0. The van der Waals surface area contributed by atoms with Crippen LogP contribution in [-0.4, -0.2) is 54.6 Å². The molecule has 2 N–H and O–H groups in total. The average molecular weight is 298 g/mol. The van der Waals surface area contributed by atoms with Gasteiger partial charge in [-0.25, -0.2) is 0 Å². The third-order valence-corrected chi connectivity index (χ3v) is 5.84. The highest BCUT2D eigenvalue weighted by molar-refractivity contribution is 4.95. The monoisotopic (exact) mass is 297 g/mol. The number of hydrogen-bond donors (Lipinski definition) is 1. The van der Waals surface area contributed by atoms with E-state index in [1.54, 1.807) is 0 Å². The maximum absolute atomic E-state index is 6.23. The second kappa shape index (κ2) is 9.81. The molecule has 0 heterocycles. The smallest absolute Gasteiger partial charge is 0.0331 e. The molecule has 0 radical (unpaired) electrons. The van der Waals surface area contributed by atoms with Crippen molar-refractivity contribution in [2.75, 3.05) is 39.3 Å². The van der Waals surface area contributed by atoms with Gasteiger partial charge in [0.1, 0.15) is 0 Å². The summed E-state index contributed by atoms with van der Waals surface area (Å²) in [6.45, 7) is 15.9. The Balaban J connectivity index is 2.51. The molecular weight excluding hydrogens is 258 g/mol. The second-order valence-electron chi connectivity index (χ2n) is 6.74. The minimum atomic E-state index is 0.295. The molecule has 1 aliphatic rings. The van der Waals surface area contributed by atoms with Gasteiger partial charge in [0.05, 0.1) is 0 Å². The molecule has 1 rings (SSSR count). The zero-order valence-electron chi connectivity index (χ0n) is 15.0. The van der Waals surface area contributed by atoms with Crippen LogP contribution < -0.4 is 5.73 Å². The van der Waals surface area contributed by atoms with Crippen molar-refractivity contribution in [2.45, 2.75) is 71.8 Å². The van der Waals surface area contributed by atoms with E-state index in [1.807, 2.05) is 0 Å². The van der Waals surface area contributed by atoms with Gasteiger partial charge in [-0.15, -0.1) is 0 Å². The van der Waals surface area contributed by atoms with Gasteiger partial charge in [-0.2, -0.15) is 0 Å². The van der Waals surface area contributed by atoms with E-state index in [0.29, 0.717) is 5.54 Å². The molecule has 0 unspecified atom stereocenters. The Kier molecular flexibility index (Phi) is 8.84. The number of rotatable bonds is 10. The Labute approximate surface area is 133 Å². The number of likely N-dealkylation sites (N-methyl/N-ethyl adjacent to an activating group) is 1. The van der Waals surface area contributed by atoms with Crippen LogP contribution in [0.5, 0.6) is 0 Å². The summed E-state index contributed by atoms with van der Waals surface area (Å²) in [5, 5.41) is 0. The van der Waals surface area contributed by atoms with Crippen molar-refractivity contribution in [3.05, 3.63) is 0 Å². The zero-order chi connectivity index (χ0) is 15.7. The fraction of sp³-hybridized carbons (Fsp3) is 1.00. The molecule has 0 spiro atoms. The molecular formula is C18H39N3. The number of hydrogen-bond acceptors (Lipinski definition) is 3. The molecule has 0 atom stereocenters. The van der Waals surface area contributed by atoms with Crippen LogP contribution in [0.25, 0.3) is 0 Å². The third kappa shape index (κ3) is 5.22. The Morgan fingerprint density at radius 3 is 2.00 bits per heavy atom. The summed E-state index contributed by atoms with van der Waals surface area (Å²) in [5.74, 6) is 0.944. The first-order valence-electron chi connectivity index (χ1n) is 9.33. The van der Waals surface area contributed by atoms with Gasteiger partial charge in [-0.05, 0) is 70.7 Å². The number of nitrogens with two attached hydrogens (primary N) is 1. The summed E-state index contributed by atoms with van der Waals surface area (Å²) in [5.41, 5.74) is 6.53. The van der Waals surface area contributed by atoms with Gasteiger partial charge in [0, 0.05) is 12.1 Å². The lowest BCUT2D eigenvalue weighted by Gasteiger charge is -2.47. The minimum absolute atomic E-state index is 0.295. The normalized spacial score (nSPS) is 26.7. The van der Waals surface area contributed by atoms with Gasteiger partial charge < -0.3 is 10.6 Å². The van der Waals surface area contributed by atoms with Crippen LogP contribution in [0, 0.1) is 5.92 Å². The molecule has 1 fully saturated rings. The zero-order valence-corrected chi connectivity index (χ0v) is 15.0. The highest BCUT2D eigenvalue weighted by atomic mass is 15.2. The van der Waals surface area contributed by atoms with Crippen molar-refractivity contribution in [1.29, 1.82) is 0 Å². The summed E-state index contributed by atoms with van der Waals surface area (Å²) in [4.78, 5) is 5.22. The molecule has 3 nitrogen and oxygen atoms in total. The molecule has 3 heteroatoms. The standard InChI is InChI=1S/C18H39N3/c1-5-17-10-12-18(16-19,13-11-17)21(8-4)15-9-14-20(6-2)7-3/h17H,5-16,19H2,1-4H3. The molecule has 126 valence electrons. The Hall–Kier alpha value is -0.120. The highest BCUT2D eigenvalue weighted by Gasteiger charge is 2.37. The largest absolute Gasteiger partial charge is 0.329 e. The number of nitrogens with zero attached hydrogens (tertiary/aromatic N) is 2. The molecule has 0 saturated heterocycles. The molecule has 0 aliphatic heterocycles. The van der Waals surface area contributed by atoms with Gasteiger partial charge in [0.15, 0.2) is 0 Å². The molecule has 0 amide bonds. The lowest BCUT2D eigenvalue weighted by Crippen LogP contribution is -2.56. The topological polar surface area (TPSA) is 32.5 Å². The summed E-state index contributed by atoms with van der Waals surface area (Å²) in [6.07, 6.45) is 7.98. The van der Waals surface area contributed by atoms with Crippen LogP contribution in [0.2, 0.25) is 0 Å². The van der Waals surface area contributed by atoms with E-state index < -0.39 is 0 Å². The predicted octanol–water partition coefficient (Wildman–Crippen LogP) is 3.34. The molecule has 0 aromatic carbocycles. The summed E-state index contributed by atoms with van der Waals surface area (Å²) < 4.78 is 0. The lowest BCUT2D eigenvalue weighted by molar-refractivity contribution is 0.0427. The molecule has 0 aromatic rings. The molecule has 1 aliphatic carbocycles. The molecule has 0 aromatic heterocycles. The Bertz CT molecular complexity index is 255. The van der Waals surface area contributed by atoms with Gasteiger partial charge in [0.2, 0.25) is 0 Å². The van der Waals surface area contributed by atoms with Gasteiger partial charge in [0.25, 0.3) is 0 Å². The van der Waals surface area contributed by atoms with Crippen LogP contribution >= 0.6 is 0 Å². The van der Waals surface area contributed by atoms with Crippen LogP contribution in [0.15, 0.2) is 0 Å². The fourth-order valence-electron chi connectivity index (χ4n) is 4.03. The molecule has 21 heavy (non-hydrogen) atoms. The van der Waals surface area contributed by atoms with Gasteiger partial charge >= 0.3 is 0 Å². The summed E-state index contributed by atoms with van der Waals surface area (Å²) in [6, 6.07) is 0. The molecule has 1 saturated carbocycles. The van der Waals surface area contributed by atoms with E-state index in [-0.39, 0.29) is 0 Å². The quantitative estimate of drug-likeness (QED) is 0.671.